The molecule has 3 heteroatoms. The molecule has 3 N–H and O–H groups in total. The zero-order valence-corrected chi connectivity index (χ0v) is 11.5. The Morgan fingerprint density at radius 3 is 2.21 bits per heavy atom. The zero-order chi connectivity index (χ0) is 13.1. The van der Waals surface area contributed by atoms with Gasteiger partial charge in [0, 0.05) is 17.8 Å². The van der Waals surface area contributed by atoms with Crippen LogP contribution in [0.25, 0.3) is 0 Å². The quantitative estimate of drug-likeness (QED) is 0.800. The van der Waals surface area contributed by atoms with Crippen LogP contribution in [0.4, 0.5) is 5.69 Å². The molecule has 4 saturated carbocycles. The Kier molecular flexibility index (Phi) is 2.36. The fourth-order valence-electron chi connectivity index (χ4n) is 5.39. The smallest absolute Gasteiger partial charge is 0.170 e. The predicted octanol–water partition coefficient (Wildman–Crippen LogP) is 3.16. The van der Waals surface area contributed by atoms with Crippen molar-refractivity contribution in [2.45, 2.75) is 39.0 Å². The molecule has 0 amide bonds. The summed E-state index contributed by atoms with van der Waals surface area (Å²) in [4.78, 5) is 16.0. The van der Waals surface area contributed by atoms with Crippen molar-refractivity contribution in [2.75, 3.05) is 5.73 Å². The Hall–Kier alpha value is -1.25. The lowest BCUT2D eigenvalue weighted by Crippen LogP contribution is -2.48. The van der Waals surface area contributed by atoms with Crippen LogP contribution in [-0.4, -0.2) is 10.8 Å². The largest absolute Gasteiger partial charge is 0.397 e. The maximum absolute atomic E-state index is 12.9. The third-order valence-corrected chi connectivity index (χ3v) is 5.88. The normalized spacial score (nSPS) is 39.7. The van der Waals surface area contributed by atoms with E-state index in [1.54, 1.807) is 6.20 Å². The molecule has 0 saturated heterocycles. The molecule has 102 valence electrons. The van der Waals surface area contributed by atoms with Gasteiger partial charge >= 0.3 is 0 Å². The molecule has 4 aliphatic rings. The van der Waals surface area contributed by atoms with Gasteiger partial charge in [-0.1, -0.05) is 0 Å². The van der Waals surface area contributed by atoms with Crippen LogP contribution in [-0.2, 0) is 0 Å². The van der Waals surface area contributed by atoms with E-state index >= 15 is 0 Å². The van der Waals surface area contributed by atoms with E-state index in [0.29, 0.717) is 23.3 Å². The number of carbonyl (C=O) groups is 1. The van der Waals surface area contributed by atoms with Crippen molar-refractivity contribution in [3.8, 4) is 0 Å². The van der Waals surface area contributed by atoms with Gasteiger partial charge in [0.15, 0.2) is 5.78 Å². The molecule has 4 bridgehead atoms. The lowest BCUT2D eigenvalue weighted by Gasteiger charge is -2.53. The molecule has 0 aromatic carbocycles. The number of nitrogens with one attached hydrogen (secondary N) is 1. The summed E-state index contributed by atoms with van der Waals surface area (Å²) in [5.41, 5.74) is 8.34. The number of hydrogen-bond donors (Lipinski definition) is 2. The van der Waals surface area contributed by atoms with Crippen LogP contribution in [0.3, 0.4) is 0 Å². The van der Waals surface area contributed by atoms with Gasteiger partial charge in [-0.3, -0.25) is 4.79 Å². The molecule has 1 aromatic heterocycles. The van der Waals surface area contributed by atoms with E-state index in [1.807, 2.05) is 6.92 Å². The van der Waals surface area contributed by atoms with E-state index in [2.05, 4.69) is 4.98 Å². The van der Waals surface area contributed by atoms with Gasteiger partial charge in [0.2, 0.25) is 0 Å². The van der Waals surface area contributed by atoms with Crippen LogP contribution in [0.1, 0.15) is 48.2 Å². The molecular formula is C16H22N2O. The summed E-state index contributed by atoms with van der Waals surface area (Å²) in [5.74, 6) is 3.68. The first-order valence-corrected chi connectivity index (χ1v) is 7.61. The van der Waals surface area contributed by atoms with Gasteiger partial charge < -0.3 is 10.7 Å². The van der Waals surface area contributed by atoms with Gasteiger partial charge in [-0.05, 0) is 62.7 Å². The van der Waals surface area contributed by atoms with Gasteiger partial charge in [0.25, 0.3) is 0 Å². The molecule has 1 aromatic rings. The third-order valence-electron chi connectivity index (χ3n) is 5.88. The van der Waals surface area contributed by atoms with Crippen LogP contribution in [0.2, 0.25) is 0 Å². The molecule has 0 radical (unpaired) electrons. The SMILES string of the molecule is Cc1[nH]cc(N)c1C(=O)C1C2CC3CC(C2)CC1C3. The number of nitrogens with two attached hydrogens (primary N) is 1. The Morgan fingerprint density at radius 1 is 1.16 bits per heavy atom. The first-order valence-electron chi connectivity index (χ1n) is 7.61. The highest BCUT2D eigenvalue weighted by molar-refractivity contribution is 6.03. The van der Waals surface area contributed by atoms with E-state index in [-0.39, 0.29) is 5.92 Å². The number of nitrogen functional groups attached to an aromatic ring is 1. The number of rotatable bonds is 2. The highest BCUT2D eigenvalue weighted by Gasteiger charge is 2.51. The topological polar surface area (TPSA) is 58.9 Å². The number of aromatic nitrogens is 1. The van der Waals surface area contributed by atoms with Crippen LogP contribution < -0.4 is 5.73 Å². The summed E-state index contributed by atoms with van der Waals surface area (Å²) in [6.45, 7) is 1.96. The number of aryl methyl sites for hydroxylation is 1. The number of carbonyl (C=O) groups excluding carboxylic acids is 1. The van der Waals surface area contributed by atoms with Crippen molar-refractivity contribution in [3.05, 3.63) is 17.5 Å². The molecule has 0 atom stereocenters. The molecule has 3 nitrogen and oxygen atoms in total. The number of aromatic amines is 1. The zero-order valence-electron chi connectivity index (χ0n) is 11.5. The Bertz CT molecular complexity index is 483. The van der Waals surface area contributed by atoms with Gasteiger partial charge in [0.1, 0.15) is 0 Å². The van der Waals surface area contributed by atoms with Crippen molar-refractivity contribution < 1.29 is 4.79 Å². The van der Waals surface area contributed by atoms with E-state index in [9.17, 15) is 4.79 Å². The minimum atomic E-state index is 0.254. The molecular weight excluding hydrogens is 236 g/mol. The van der Waals surface area contributed by atoms with E-state index in [4.69, 9.17) is 5.73 Å². The second-order valence-electron chi connectivity index (χ2n) is 7.06. The average Bonchev–Trinajstić information content (AvgIpc) is 2.67. The number of Topliss-reactive ketones (excluding diaryl/α,β-unsaturated/α-hetero) is 1. The van der Waals surface area contributed by atoms with Crippen LogP contribution in [0, 0.1) is 36.5 Å². The molecule has 5 rings (SSSR count). The summed E-state index contributed by atoms with van der Waals surface area (Å²) in [6, 6.07) is 0. The molecule has 4 fully saturated rings. The lowest BCUT2D eigenvalue weighted by atomic mass is 9.51. The molecule has 19 heavy (non-hydrogen) atoms. The second kappa shape index (κ2) is 3.87. The number of H-pyrrole nitrogens is 1. The second-order valence-corrected chi connectivity index (χ2v) is 7.06. The number of hydrogen-bond acceptors (Lipinski definition) is 2. The average molecular weight is 258 g/mol. The van der Waals surface area contributed by atoms with Crippen molar-refractivity contribution in [2.24, 2.45) is 29.6 Å². The van der Waals surface area contributed by atoms with Crippen molar-refractivity contribution in [3.63, 3.8) is 0 Å². The van der Waals surface area contributed by atoms with Gasteiger partial charge in [-0.15, -0.1) is 0 Å². The number of anilines is 1. The Morgan fingerprint density at radius 2 is 1.74 bits per heavy atom. The predicted molar refractivity (Wildman–Crippen MR) is 74.8 cm³/mol. The Labute approximate surface area is 114 Å². The number of ketones is 1. The van der Waals surface area contributed by atoms with Crippen LogP contribution >= 0.6 is 0 Å². The van der Waals surface area contributed by atoms with Gasteiger partial charge in [0.05, 0.1) is 11.3 Å². The molecule has 4 aliphatic carbocycles. The summed E-state index contributed by atoms with van der Waals surface area (Å²) >= 11 is 0. The van der Waals surface area contributed by atoms with E-state index < -0.39 is 0 Å². The van der Waals surface area contributed by atoms with Crippen LogP contribution in [0.15, 0.2) is 6.20 Å². The first-order chi connectivity index (χ1) is 9.13. The maximum atomic E-state index is 12.9. The van der Waals surface area contributed by atoms with Gasteiger partial charge in [-0.2, -0.15) is 0 Å². The third kappa shape index (κ3) is 1.60. The summed E-state index contributed by atoms with van der Waals surface area (Å²) < 4.78 is 0. The molecule has 0 unspecified atom stereocenters. The monoisotopic (exact) mass is 258 g/mol. The fraction of sp³-hybridized carbons (Fsp3) is 0.688. The minimum absolute atomic E-state index is 0.254. The van der Waals surface area contributed by atoms with Crippen molar-refractivity contribution >= 4 is 11.5 Å². The molecule has 1 heterocycles. The standard InChI is InChI=1S/C16H22N2O/c1-8-14(13(17)7-18-8)16(19)15-11-3-9-2-10(5-11)6-12(15)4-9/h7,9-12,15,18H,2-6,17H2,1H3. The van der Waals surface area contributed by atoms with Gasteiger partial charge in [-0.25, -0.2) is 0 Å². The van der Waals surface area contributed by atoms with Crippen LogP contribution in [0.5, 0.6) is 0 Å². The summed E-state index contributed by atoms with van der Waals surface area (Å²) in [6.07, 6.45) is 8.33. The Balaban J connectivity index is 1.68. The van der Waals surface area contributed by atoms with E-state index in [0.717, 1.165) is 23.1 Å². The van der Waals surface area contributed by atoms with E-state index in [1.165, 1.54) is 32.1 Å². The highest BCUT2D eigenvalue weighted by Crippen LogP contribution is 2.57. The molecule has 0 aliphatic heterocycles. The summed E-state index contributed by atoms with van der Waals surface area (Å²) in [7, 11) is 0. The first kappa shape index (κ1) is 11.6. The minimum Gasteiger partial charge on any atom is -0.397 e. The maximum Gasteiger partial charge on any atom is 0.170 e. The highest BCUT2D eigenvalue weighted by atomic mass is 16.1. The molecule has 0 spiro atoms. The lowest BCUT2D eigenvalue weighted by molar-refractivity contribution is -0.0251. The summed E-state index contributed by atoms with van der Waals surface area (Å²) in [5, 5.41) is 0. The van der Waals surface area contributed by atoms with Crippen molar-refractivity contribution in [1.29, 1.82) is 0 Å². The van der Waals surface area contributed by atoms with Crippen molar-refractivity contribution in [1.82, 2.24) is 4.98 Å². The fourth-order valence-corrected chi connectivity index (χ4v) is 5.39.